The van der Waals surface area contributed by atoms with E-state index in [0.29, 0.717) is 12.4 Å². The molecule has 18 heavy (non-hydrogen) atoms. The van der Waals surface area contributed by atoms with Gasteiger partial charge in [0.05, 0.1) is 12.0 Å². The predicted octanol–water partition coefficient (Wildman–Crippen LogP) is 2.00. The van der Waals surface area contributed by atoms with Crippen LogP contribution in [0.3, 0.4) is 0 Å². The summed E-state index contributed by atoms with van der Waals surface area (Å²) in [6, 6.07) is 2.80. The average molecular weight is 251 g/mol. The van der Waals surface area contributed by atoms with Crippen molar-refractivity contribution in [2.24, 2.45) is 0 Å². The molecule has 0 aliphatic rings. The van der Waals surface area contributed by atoms with Crippen molar-refractivity contribution in [2.45, 2.75) is 19.9 Å². The summed E-state index contributed by atoms with van der Waals surface area (Å²) in [6.45, 7) is 2.42. The topological polar surface area (TPSA) is 47.8 Å². The molecule has 0 N–H and O–H groups in total. The van der Waals surface area contributed by atoms with Crippen LogP contribution in [-0.4, -0.2) is 20.5 Å². The smallest absolute Gasteiger partial charge is 0.173 e. The lowest BCUT2D eigenvalue weighted by Gasteiger charge is -2.04. The molecule has 0 radical (unpaired) electrons. The summed E-state index contributed by atoms with van der Waals surface area (Å²) in [7, 11) is 0. The van der Waals surface area contributed by atoms with Gasteiger partial charge in [-0.3, -0.25) is 4.79 Å². The van der Waals surface area contributed by atoms with Gasteiger partial charge in [-0.05, 0) is 25.1 Å². The van der Waals surface area contributed by atoms with Gasteiger partial charge in [0.2, 0.25) is 0 Å². The van der Waals surface area contributed by atoms with Gasteiger partial charge in [-0.2, -0.15) is 5.10 Å². The highest BCUT2D eigenvalue weighted by Gasteiger charge is 2.16. The molecule has 0 saturated heterocycles. The molecule has 0 saturated carbocycles. The maximum Gasteiger partial charge on any atom is 0.173 e. The Labute approximate surface area is 102 Å². The van der Waals surface area contributed by atoms with E-state index in [1.165, 1.54) is 11.0 Å². The zero-order chi connectivity index (χ0) is 13.1. The summed E-state index contributed by atoms with van der Waals surface area (Å²) in [5.41, 5.74) is -0.263. The van der Waals surface area contributed by atoms with Crippen molar-refractivity contribution in [2.75, 3.05) is 0 Å². The van der Waals surface area contributed by atoms with Gasteiger partial charge < -0.3 is 0 Å². The minimum absolute atomic E-state index is 0.103. The van der Waals surface area contributed by atoms with Crippen molar-refractivity contribution in [3.05, 3.63) is 47.5 Å². The highest BCUT2D eigenvalue weighted by molar-refractivity contribution is 5.97. The number of Topliss-reactive ketones (excluding diaryl/α,β-unsaturated/α-hetero) is 1. The lowest BCUT2D eigenvalue weighted by Crippen LogP contribution is -2.12. The van der Waals surface area contributed by atoms with Crippen LogP contribution in [0.15, 0.2) is 24.5 Å². The maximum absolute atomic E-state index is 13.4. The van der Waals surface area contributed by atoms with Crippen LogP contribution in [0.25, 0.3) is 0 Å². The molecule has 0 aliphatic heterocycles. The van der Waals surface area contributed by atoms with Gasteiger partial charge in [0.1, 0.15) is 23.8 Å². The first-order chi connectivity index (χ1) is 8.61. The van der Waals surface area contributed by atoms with Gasteiger partial charge in [-0.15, -0.1) is 0 Å². The molecular formula is C12H11F2N3O. The predicted molar refractivity (Wildman–Crippen MR) is 60.1 cm³/mol. The van der Waals surface area contributed by atoms with Crippen molar-refractivity contribution < 1.29 is 13.6 Å². The van der Waals surface area contributed by atoms with Crippen LogP contribution in [-0.2, 0) is 13.0 Å². The van der Waals surface area contributed by atoms with Crippen molar-refractivity contribution in [1.29, 1.82) is 0 Å². The Bertz CT molecular complexity index is 580. The lowest BCUT2D eigenvalue weighted by atomic mass is 10.1. The van der Waals surface area contributed by atoms with E-state index in [4.69, 9.17) is 0 Å². The average Bonchev–Trinajstić information content (AvgIpc) is 2.79. The molecule has 0 aliphatic carbocycles. The zero-order valence-electron chi connectivity index (χ0n) is 9.73. The molecule has 0 atom stereocenters. The van der Waals surface area contributed by atoms with Crippen LogP contribution in [0.1, 0.15) is 23.1 Å². The number of carbonyl (C=O) groups excluding carboxylic acids is 1. The monoisotopic (exact) mass is 251 g/mol. The third-order valence-corrected chi connectivity index (χ3v) is 2.54. The van der Waals surface area contributed by atoms with E-state index in [1.54, 1.807) is 0 Å². The fourth-order valence-electron chi connectivity index (χ4n) is 1.64. The summed E-state index contributed by atoms with van der Waals surface area (Å²) in [4.78, 5) is 15.8. The Morgan fingerprint density at radius 1 is 1.39 bits per heavy atom. The van der Waals surface area contributed by atoms with E-state index < -0.39 is 17.4 Å². The van der Waals surface area contributed by atoms with Gasteiger partial charge in [0.25, 0.3) is 0 Å². The molecular weight excluding hydrogens is 240 g/mol. The number of aromatic nitrogens is 3. The van der Waals surface area contributed by atoms with E-state index in [0.717, 1.165) is 18.2 Å². The summed E-state index contributed by atoms with van der Waals surface area (Å²) >= 11 is 0. The fourth-order valence-corrected chi connectivity index (χ4v) is 1.64. The van der Waals surface area contributed by atoms with Gasteiger partial charge in [0.15, 0.2) is 5.78 Å². The molecule has 0 fully saturated rings. The van der Waals surface area contributed by atoms with E-state index in [-0.39, 0.29) is 12.0 Å². The molecule has 1 aromatic carbocycles. The number of aryl methyl sites for hydroxylation is 1. The number of rotatable bonds is 4. The van der Waals surface area contributed by atoms with Crippen LogP contribution in [0.4, 0.5) is 8.78 Å². The van der Waals surface area contributed by atoms with E-state index in [2.05, 4.69) is 10.1 Å². The molecule has 2 aromatic rings. The van der Waals surface area contributed by atoms with Crippen LogP contribution >= 0.6 is 0 Å². The van der Waals surface area contributed by atoms with Gasteiger partial charge in [-0.1, -0.05) is 0 Å². The quantitative estimate of drug-likeness (QED) is 0.781. The molecule has 6 heteroatoms. The number of ketones is 1. The Balaban J connectivity index is 2.25. The first kappa shape index (κ1) is 12.3. The number of nitrogens with zero attached hydrogens (tertiary/aromatic N) is 3. The number of hydrogen-bond donors (Lipinski definition) is 0. The SMILES string of the molecule is CCn1ncnc1CC(=O)c1cc(F)ccc1F. The third-order valence-electron chi connectivity index (χ3n) is 2.54. The second-order valence-electron chi connectivity index (χ2n) is 3.72. The van der Waals surface area contributed by atoms with Crippen molar-refractivity contribution in [3.8, 4) is 0 Å². The summed E-state index contributed by atoms with van der Waals surface area (Å²) in [5, 5.41) is 3.91. The molecule has 2 rings (SSSR count). The van der Waals surface area contributed by atoms with Crippen LogP contribution < -0.4 is 0 Å². The Hall–Kier alpha value is -2.11. The minimum atomic E-state index is -0.732. The van der Waals surface area contributed by atoms with Gasteiger partial charge >= 0.3 is 0 Å². The summed E-state index contributed by atoms with van der Waals surface area (Å²) in [5.74, 6) is -1.46. The lowest BCUT2D eigenvalue weighted by molar-refractivity contribution is 0.0985. The molecule has 1 aromatic heterocycles. The molecule has 0 unspecified atom stereocenters. The maximum atomic E-state index is 13.4. The minimum Gasteiger partial charge on any atom is -0.294 e. The van der Waals surface area contributed by atoms with E-state index in [9.17, 15) is 13.6 Å². The number of halogens is 2. The highest BCUT2D eigenvalue weighted by atomic mass is 19.1. The highest BCUT2D eigenvalue weighted by Crippen LogP contribution is 2.12. The van der Waals surface area contributed by atoms with Crippen LogP contribution in [0.2, 0.25) is 0 Å². The van der Waals surface area contributed by atoms with Crippen molar-refractivity contribution in [1.82, 2.24) is 14.8 Å². The molecule has 0 bridgehead atoms. The first-order valence-electron chi connectivity index (χ1n) is 5.46. The molecule has 0 amide bonds. The third kappa shape index (κ3) is 2.42. The molecule has 0 spiro atoms. The largest absolute Gasteiger partial charge is 0.294 e. The molecule has 1 heterocycles. The molecule has 4 nitrogen and oxygen atoms in total. The second-order valence-corrected chi connectivity index (χ2v) is 3.72. The van der Waals surface area contributed by atoms with Crippen LogP contribution in [0.5, 0.6) is 0 Å². The summed E-state index contributed by atoms with van der Waals surface area (Å²) in [6.07, 6.45) is 1.22. The van der Waals surface area contributed by atoms with E-state index >= 15 is 0 Å². The zero-order valence-corrected chi connectivity index (χ0v) is 9.73. The molecule has 94 valence electrons. The normalized spacial score (nSPS) is 10.6. The number of hydrogen-bond acceptors (Lipinski definition) is 3. The fraction of sp³-hybridized carbons (Fsp3) is 0.250. The second kappa shape index (κ2) is 5.03. The van der Waals surface area contributed by atoms with Gasteiger partial charge in [-0.25, -0.2) is 18.4 Å². The van der Waals surface area contributed by atoms with Gasteiger partial charge in [0, 0.05) is 6.54 Å². The number of carbonyl (C=O) groups is 1. The van der Waals surface area contributed by atoms with Crippen molar-refractivity contribution in [3.63, 3.8) is 0 Å². The van der Waals surface area contributed by atoms with E-state index in [1.807, 2.05) is 6.92 Å². The Morgan fingerprint density at radius 2 is 2.17 bits per heavy atom. The standard InChI is InChI=1S/C12H11F2N3O/c1-2-17-12(15-7-16-17)6-11(18)9-5-8(13)3-4-10(9)14/h3-5,7H,2,6H2,1H3. The first-order valence-corrected chi connectivity index (χ1v) is 5.46. The summed E-state index contributed by atoms with van der Waals surface area (Å²) < 4.78 is 27.9. The Morgan fingerprint density at radius 3 is 2.89 bits per heavy atom. The van der Waals surface area contributed by atoms with Crippen molar-refractivity contribution >= 4 is 5.78 Å². The number of benzene rings is 1. The Kier molecular flexibility index (Phi) is 3.45. The van der Waals surface area contributed by atoms with Crippen LogP contribution in [0, 0.1) is 11.6 Å².